The van der Waals surface area contributed by atoms with Crippen LogP contribution in [0, 0.1) is 12.8 Å². The second kappa shape index (κ2) is 10.4. The second-order valence-electron chi connectivity index (χ2n) is 8.44. The van der Waals surface area contributed by atoms with Gasteiger partial charge < -0.3 is 4.74 Å². The van der Waals surface area contributed by atoms with Crippen molar-refractivity contribution in [2.24, 2.45) is 5.92 Å². The van der Waals surface area contributed by atoms with Crippen LogP contribution in [0.4, 0.5) is 0 Å². The van der Waals surface area contributed by atoms with E-state index in [1.165, 1.54) is 0 Å². The van der Waals surface area contributed by atoms with Crippen molar-refractivity contribution in [3.05, 3.63) is 71.3 Å². The lowest BCUT2D eigenvalue weighted by Crippen LogP contribution is -2.37. The van der Waals surface area contributed by atoms with E-state index >= 15 is 0 Å². The SMILES string of the molecule is Cc1ccc(OC(=O)C(C)C)c(/C(=C/CN(C(C)C)C(C)C)c2ccccc2)c1. The smallest absolute Gasteiger partial charge is 0.313 e. The standard InChI is InChI=1S/C26H35NO2/c1-18(2)26(28)29-25-14-13-21(7)17-24(25)23(22-11-9-8-10-12-22)15-16-27(19(3)4)20(5)6/h8-15,17-20H,16H2,1-7H3/b23-15+. The molecule has 0 amide bonds. The summed E-state index contributed by atoms with van der Waals surface area (Å²) < 4.78 is 5.77. The average molecular weight is 394 g/mol. The van der Waals surface area contributed by atoms with E-state index in [0.717, 1.165) is 28.8 Å². The lowest BCUT2D eigenvalue weighted by Gasteiger charge is -2.29. The van der Waals surface area contributed by atoms with Crippen molar-refractivity contribution in [2.75, 3.05) is 6.54 Å². The van der Waals surface area contributed by atoms with Crippen LogP contribution >= 0.6 is 0 Å². The van der Waals surface area contributed by atoms with Crippen molar-refractivity contribution in [1.29, 1.82) is 0 Å². The van der Waals surface area contributed by atoms with Gasteiger partial charge in [-0.25, -0.2) is 0 Å². The Morgan fingerprint density at radius 1 is 0.966 bits per heavy atom. The van der Waals surface area contributed by atoms with E-state index in [-0.39, 0.29) is 11.9 Å². The summed E-state index contributed by atoms with van der Waals surface area (Å²) in [6.45, 7) is 15.5. The molecule has 0 atom stereocenters. The molecule has 3 nitrogen and oxygen atoms in total. The molecular formula is C26H35NO2. The molecular weight excluding hydrogens is 358 g/mol. The minimum Gasteiger partial charge on any atom is -0.426 e. The summed E-state index contributed by atoms with van der Waals surface area (Å²) in [4.78, 5) is 14.7. The van der Waals surface area contributed by atoms with Gasteiger partial charge in [-0.2, -0.15) is 0 Å². The number of carbonyl (C=O) groups excluding carboxylic acids is 1. The Kier molecular flexibility index (Phi) is 8.21. The Morgan fingerprint density at radius 3 is 2.14 bits per heavy atom. The van der Waals surface area contributed by atoms with E-state index < -0.39 is 0 Å². The van der Waals surface area contributed by atoms with E-state index in [9.17, 15) is 4.79 Å². The Balaban J connectivity index is 2.56. The number of hydrogen-bond acceptors (Lipinski definition) is 3. The fourth-order valence-electron chi connectivity index (χ4n) is 3.39. The number of rotatable bonds is 8. The molecule has 2 aromatic carbocycles. The third-order valence-electron chi connectivity index (χ3n) is 5.02. The molecule has 0 radical (unpaired) electrons. The Morgan fingerprint density at radius 2 is 1.59 bits per heavy atom. The molecule has 3 heteroatoms. The van der Waals surface area contributed by atoms with Crippen molar-refractivity contribution in [3.63, 3.8) is 0 Å². The van der Waals surface area contributed by atoms with Gasteiger partial charge >= 0.3 is 5.97 Å². The third-order valence-corrected chi connectivity index (χ3v) is 5.02. The van der Waals surface area contributed by atoms with E-state index in [2.05, 4.69) is 63.8 Å². The van der Waals surface area contributed by atoms with Crippen LogP contribution in [0.3, 0.4) is 0 Å². The van der Waals surface area contributed by atoms with E-state index in [4.69, 9.17) is 4.74 Å². The van der Waals surface area contributed by atoms with Crippen molar-refractivity contribution >= 4 is 11.5 Å². The highest BCUT2D eigenvalue weighted by molar-refractivity contribution is 5.85. The van der Waals surface area contributed by atoms with Crippen LogP contribution in [0.15, 0.2) is 54.6 Å². The number of esters is 1. The molecule has 0 heterocycles. The number of benzene rings is 2. The van der Waals surface area contributed by atoms with Crippen molar-refractivity contribution in [1.82, 2.24) is 4.90 Å². The molecule has 0 aliphatic rings. The average Bonchev–Trinajstić information content (AvgIpc) is 2.66. The van der Waals surface area contributed by atoms with Gasteiger partial charge in [-0.1, -0.05) is 61.9 Å². The molecule has 0 spiro atoms. The molecule has 0 N–H and O–H groups in total. The van der Waals surface area contributed by atoms with Gasteiger partial charge in [0.15, 0.2) is 0 Å². The fraction of sp³-hybridized carbons (Fsp3) is 0.423. The van der Waals surface area contributed by atoms with Gasteiger partial charge in [-0.3, -0.25) is 9.69 Å². The predicted octanol–water partition coefficient (Wildman–Crippen LogP) is 6.11. The topological polar surface area (TPSA) is 29.5 Å². The zero-order chi connectivity index (χ0) is 21.6. The minimum atomic E-state index is -0.214. The van der Waals surface area contributed by atoms with Gasteiger partial charge in [-0.05, 0) is 57.9 Å². The first-order valence-corrected chi connectivity index (χ1v) is 10.5. The quantitative estimate of drug-likeness (QED) is 0.400. The number of carbonyl (C=O) groups is 1. The van der Waals surface area contributed by atoms with E-state index in [1.54, 1.807) is 0 Å². The van der Waals surface area contributed by atoms with Crippen molar-refractivity contribution < 1.29 is 9.53 Å². The molecule has 2 rings (SSSR count). The van der Waals surface area contributed by atoms with Crippen LogP contribution in [-0.2, 0) is 4.79 Å². The lowest BCUT2D eigenvalue weighted by atomic mass is 9.95. The molecule has 0 bridgehead atoms. The predicted molar refractivity (Wildman–Crippen MR) is 122 cm³/mol. The molecule has 156 valence electrons. The summed E-state index contributed by atoms with van der Waals surface area (Å²) in [6.07, 6.45) is 2.26. The van der Waals surface area contributed by atoms with Gasteiger partial charge in [0, 0.05) is 24.2 Å². The Hall–Kier alpha value is -2.39. The summed E-state index contributed by atoms with van der Waals surface area (Å²) in [7, 11) is 0. The summed E-state index contributed by atoms with van der Waals surface area (Å²) in [6, 6.07) is 17.2. The number of aryl methyl sites for hydroxylation is 1. The highest BCUT2D eigenvalue weighted by atomic mass is 16.5. The molecule has 2 aromatic rings. The van der Waals surface area contributed by atoms with Crippen LogP contribution in [0.25, 0.3) is 5.57 Å². The molecule has 0 unspecified atom stereocenters. The Labute approximate surface area is 176 Å². The first kappa shape index (κ1) is 22.9. The summed E-state index contributed by atoms with van der Waals surface area (Å²) in [5.74, 6) is 0.226. The molecule has 29 heavy (non-hydrogen) atoms. The molecule has 0 aromatic heterocycles. The fourth-order valence-corrected chi connectivity index (χ4v) is 3.39. The summed E-state index contributed by atoms with van der Waals surface area (Å²) in [5.41, 5.74) is 4.30. The molecule has 0 saturated heterocycles. The van der Waals surface area contributed by atoms with Crippen molar-refractivity contribution in [3.8, 4) is 5.75 Å². The van der Waals surface area contributed by atoms with Gasteiger partial charge in [-0.15, -0.1) is 0 Å². The highest BCUT2D eigenvalue weighted by Gasteiger charge is 2.18. The lowest BCUT2D eigenvalue weighted by molar-refractivity contribution is -0.137. The number of nitrogens with zero attached hydrogens (tertiary/aromatic N) is 1. The molecule has 0 aliphatic heterocycles. The maximum absolute atomic E-state index is 12.3. The molecule has 0 saturated carbocycles. The zero-order valence-corrected chi connectivity index (χ0v) is 18.9. The summed E-state index contributed by atoms with van der Waals surface area (Å²) >= 11 is 0. The molecule has 0 aliphatic carbocycles. The third kappa shape index (κ3) is 6.30. The maximum Gasteiger partial charge on any atom is 0.313 e. The summed E-state index contributed by atoms with van der Waals surface area (Å²) in [5, 5.41) is 0. The second-order valence-corrected chi connectivity index (χ2v) is 8.44. The van der Waals surface area contributed by atoms with Crippen LogP contribution in [0.5, 0.6) is 5.75 Å². The van der Waals surface area contributed by atoms with E-state index in [0.29, 0.717) is 17.8 Å². The number of hydrogen-bond donors (Lipinski definition) is 0. The zero-order valence-electron chi connectivity index (χ0n) is 18.9. The Bertz CT molecular complexity index is 827. The van der Waals surface area contributed by atoms with Gasteiger partial charge in [0.05, 0.1) is 5.92 Å². The maximum atomic E-state index is 12.3. The van der Waals surface area contributed by atoms with Gasteiger partial charge in [0.1, 0.15) is 5.75 Å². The normalized spacial score (nSPS) is 12.3. The minimum absolute atomic E-state index is 0.175. The van der Waals surface area contributed by atoms with Crippen molar-refractivity contribution in [2.45, 2.75) is 60.5 Å². The van der Waals surface area contributed by atoms with Gasteiger partial charge in [0.25, 0.3) is 0 Å². The first-order chi connectivity index (χ1) is 13.7. The highest BCUT2D eigenvalue weighted by Crippen LogP contribution is 2.33. The number of ether oxygens (including phenoxy) is 1. The van der Waals surface area contributed by atoms with E-state index in [1.807, 2.05) is 44.2 Å². The van der Waals surface area contributed by atoms with Crippen LogP contribution in [0.2, 0.25) is 0 Å². The van der Waals surface area contributed by atoms with Crippen LogP contribution in [-0.4, -0.2) is 29.5 Å². The monoisotopic (exact) mass is 393 g/mol. The first-order valence-electron chi connectivity index (χ1n) is 10.5. The molecule has 0 fully saturated rings. The van der Waals surface area contributed by atoms with Crippen LogP contribution in [0.1, 0.15) is 58.2 Å². The van der Waals surface area contributed by atoms with Crippen LogP contribution < -0.4 is 4.74 Å². The largest absolute Gasteiger partial charge is 0.426 e. The van der Waals surface area contributed by atoms with Gasteiger partial charge in [0.2, 0.25) is 0 Å².